The fraction of sp³-hybridized carbons (Fsp3) is 0.100. The first-order chi connectivity index (χ1) is 6.59. The van der Waals surface area contributed by atoms with Gasteiger partial charge in [0.25, 0.3) is 5.56 Å². The van der Waals surface area contributed by atoms with E-state index in [4.69, 9.17) is 11.6 Å². The molecule has 0 saturated carbocycles. The molecule has 72 valence electrons. The predicted octanol–water partition coefficient (Wildman–Crippen LogP) is 2.20. The lowest BCUT2D eigenvalue weighted by Crippen LogP contribution is -2.07. The number of halogens is 1. The minimum absolute atomic E-state index is 0.101. The SMILES string of the molecule is Cc1[nH]c(=O)c2ccc(O)cc2c1Cl. The first-order valence-electron chi connectivity index (χ1n) is 4.10. The van der Waals surface area contributed by atoms with Gasteiger partial charge in [-0.3, -0.25) is 4.79 Å². The molecule has 0 fully saturated rings. The molecule has 0 aliphatic rings. The van der Waals surface area contributed by atoms with Crippen molar-refractivity contribution < 1.29 is 5.11 Å². The van der Waals surface area contributed by atoms with E-state index in [-0.39, 0.29) is 11.3 Å². The standard InChI is InChI=1S/C10H8ClNO2/c1-5-9(11)8-4-6(13)2-3-7(8)10(14)12-5/h2-4,13H,1H3,(H,12,14). The van der Waals surface area contributed by atoms with Crippen LogP contribution in [0.1, 0.15) is 5.69 Å². The second-order valence-corrected chi connectivity index (χ2v) is 3.50. The summed E-state index contributed by atoms with van der Waals surface area (Å²) in [6.07, 6.45) is 0. The molecule has 0 saturated heterocycles. The summed E-state index contributed by atoms with van der Waals surface area (Å²) in [7, 11) is 0. The van der Waals surface area contributed by atoms with E-state index >= 15 is 0 Å². The number of hydrogen-bond donors (Lipinski definition) is 2. The van der Waals surface area contributed by atoms with Crippen molar-refractivity contribution in [1.82, 2.24) is 4.98 Å². The topological polar surface area (TPSA) is 53.1 Å². The third-order valence-electron chi connectivity index (χ3n) is 2.11. The maximum absolute atomic E-state index is 11.5. The molecule has 4 heteroatoms. The highest BCUT2D eigenvalue weighted by Crippen LogP contribution is 2.25. The van der Waals surface area contributed by atoms with Crippen LogP contribution < -0.4 is 5.56 Å². The van der Waals surface area contributed by atoms with E-state index in [9.17, 15) is 9.90 Å². The van der Waals surface area contributed by atoms with Crippen LogP contribution in [0.25, 0.3) is 10.8 Å². The summed E-state index contributed by atoms with van der Waals surface area (Å²) in [5, 5.41) is 10.8. The van der Waals surface area contributed by atoms with Crippen molar-refractivity contribution in [2.45, 2.75) is 6.92 Å². The van der Waals surface area contributed by atoms with Gasteiger partial charge >= 0.3 is 0 Å². The first kappa shape index (κ1) is 9.09. The Morgan fingerprint density at radius 2 is 2.07 bits per heavy atom. The van der Waals surface area contributed by atoms with Crippen LogP contribution in [-0.4, -0.2) is 10.1 Å². The van der Waals surface area contributed by atoms with Crippen molar-refractivity contribution in [2.75, 3.05) is 0 Å². The fourth-order valence-electron chi connectivity index (χ4n) is 1.41. The zero-order valence-electron chi connectivity index (χ0n) is 7.47. The third-order valence-corrected chi connectivity index (χ3v) is 2.60. The van der Waals surface area contributed by atoms with E-state index in [1.54, 1.807) is 13.0 Å². The molecule has 14 heavy (non-hydrogen) atoms. The maximum atomic E-state index is 11.5. The first-order valence-corrected chi connectivity index (χ1v) is 4.48. The number of H-pyrrole nitrogens is 1. The molecule has 0 aliphatic carbocycles. The molecular weight excluding hydrogens is 202 g/mol. The summed E-state index contributed by atoms with van der Waals surface area (Å²) in [5.74, 6) is 0.101. The number of pyridine rings is 1. The smallest absolute Gasteiger partial charge is 0.256 e. The van der Waals surface area contributed by atoms with Gasteiger partial charge in [-0.15, -0.1) is 0 Å². The molecule has 2 N–H and O–H groups in total. The highest BCUT2D eigenvalue weighted by atomic mass is 35.5. The summed E-state index contributed by atoms with van der Waals surface area (Å²) in [6.45, 7) is 1.72. The summed E-state index contributed by atoms with van der Waals surface area (Å²) in [4.78, 5) is 14.1. The van der Waals surface area contributed by atoms with Gasteiger partial charge in [-0.2, -0.15) is 0 Å². The minimum Gasteiger partial charge on any atom is -0.508 e. The van der Waals surface area contributed by atoms with Gasteiger partial charge in [0.15, 0.2) is 0 Å². The number of nitrogens with one attached hydrogen (secondary N) is 1. The van der Waals surface area contributed by atoms with Crippen LogP contribution in [-0.2, 0) is 0 Å². The average Bonchev–Trinajstić information content (AvgIpc) is 2.14. The number of benzene rings is 1. The Labute approximate surface area is 85.0 Å². The second-order valence-electron chi connectivity index (χ2n) is 3.12. The molecule has 3 nitrogen and oxygen atoms in total. The van der Waals surface area contributed by atoms with Gasteiger partial charge in [0.05, 0.1) is 5.02 Å². The molecule has 0 bridgehead atoms. The van der Waals surface area contributed by atoms with Crippen LogP contribution in [0.15, 0.2) is 23.0 Å². The lowest BCUT2D eigenvalue weighted by Gasteiger charge is -2.03. The van der Waals surface area contributed by atoms with Gasteiger partial charge in [0.2, 0.25) is 0 Å². The molecular formula is C10H8ClNO2. The van der Waals surface area contributed by atoms with E-state index in [2.05, 4.69) is 4.98 Å². The molecule has 0 spiro atoms. The van der Waals surface area contributed by atoms with Crippen LogP contribution in [0, 0.1) is 6.92 Å². The Morgan fingerprint density at radius 3 is 2.79 bits per heavy atom. The van der Waals surface area contributed by atoms with Gasteiger partial charge in [0.1, 0.15) is 5.75 Å². The maximum Gasteiger partial charge on any atom is 0.256 e. The molecule has 0 radical (unpaired) electrons. The van der Waals surface area contributed by atoms with Crippen LogP contribution in [0.4, 0.5) is 0 Å². The van der Waals surface area contributed by atoms with Gasteiger partial charge in [-0.1, -0.05) is 11.6 Å². The Morgan fingerprint density at radius 1 is 1.36 bits per heavy atom. The quantitative estimate of drug-likeness (QED) is 0.699. The molecule has 0 atom stereocenters. The van der Waals surface area contributed by atoms with Crippen LogP contribution in [0.2, 0.25) is 5.02 Å². The van der Waals surface area contributed by atoms with E-state index in [1.165, 1.54) is 12.1 Å². The number of aromatic nitrogens is 1. The normalized spacial score (nSPS) is 10.7. The van der Waals surface area contributed by atoms with Crippen LogP contribution >= 0.6 is 11.6 Å². The third kappa shape index (κ3) is 1.26. The van der Waals surface area contributed by atoms with Crippen molar-refractivity contribution in [1.29, 1.82) is 0 Å². The number of fused-ring (bicyclic) bond motifs is 1. The molecule has 2 rings (SSSR count). The van der Waals surface area contributed by atoms with Crippen molar-refractivity contribution in [3.8, 4) is 5.75 Å². The van der Waals surface area contributed by atoms with Gasteiger partial charge in [-0.05, 0) is 25.1 Å². The Kier molecular flexibility index (Phi) is 1.97. The monoisotopic (exact) mass is 209 g/mol. The number of aromatic amines is 1. The Balaban J connectivity index is 3.03. The van der Waals surface area contributed by atoms with Crippen molar-refractivity contribution >= 4 is 22.4 Å². The van der Waals surface area contributed by atoms with Gasteiger partial charge in [0, 0.05) is 16.5 Å². The summed E-state index contributed by atoms with van der Waals surface area (Å²) < 4.78 is 0. The number of hydrogen-bond acceptors (Lipinski definition) is 2. The second kappa shape index (κ2) is 3.03. The van der Waals surface area contributed by atoms with E-state index in [0.29, 0.717) is 21.5 Å². The predicted molar refractivity (Wildman–Crippen MR) is 56.0 cm³/mol. The zero-order valence-corrected chi connectivity index (χ0v) is 8.22. The minimum atomic E-state index is -0.193. The summed E-state index contributed by atoms with van der Waals surface area (Å²) >= 11 is 5.99. The van der Waals surface area contributed by atoms with Crippen molar-refractivity contribution in [2.24, 2.45) is 0 Å². The highest BCUT2D eigenvalue weighted by Gasteiger charge is 2.06. The van der Waals surface area contributed by atoms with Crippen LogP contribution in [0.5, 0.6) is 5.75 Å². The van der Waals surface area contributed by atoms with E-state index in [1.807, 2.05) is 0 Å². The number of rotatable bonds is 0. The van der Waals surface area contributed by atoms with E-state index in [0.717, 1.165) is 0 Å². The Bertz CT molecular complexity index is 560. The highest BCUT2D eigenvalue weighted by molar-refractivity contribution is 6.36. The molecule has 0 aliphatic heterocycles. The molecule has 2 aromatic rings. The lowest BCUT2D eigenvalue weighted by atomic mass is 10.1. The number of phenols is 1. The largest absolute Gasteiger partial charge is 0.508 e. The number of aryl methyl sites for hydroxylation is 1. The van der Waals surface area contributed by atoms with Gasteiger partial charge < -0.3 is 10.1 Å². The lowest BCUT2D eigenvalue weighted by molar-refractivity contribution is 0.476. The van der Waals surface area contributed by atoms with Crippen molar-refractivity contribution in [3.63, 3.8) is 0 Å². The van der Waals surface area contributed by atoms with Gasteiger partial charge in [-0.25, -0.2) is 0 Å². The number of phenolic OH excluding ortho intramolecular Hbond substituents is 1. The zero-order chi connectivity index (χ0) is 10.3. The molecule has 1 aromatic carbocycles. The average molecular weight is 210 g/mol. The number of aromatic hydroxyl groups is 1. The molecule has 0 amide bonds. The molecule has 0 unspecified atom stereocenters. The fourth-order valence-corrected chi connectivity index (χ4v) is 1.61. The Hall–Kier alpha value is -1.48. The van der Waals surface area contributed by atoms with Crippen LogP contribution in [0.3, 0.4) is 0 Å². The molecule has 1 heterocycles. The molecule has 1 aromatic heterocycles. The van der Waals surface area contributed by atoms with E-state index < -0.39 is 0 Å². The summed E-state index contributed by atoms with van der Waals surface area (Å²) in [6, 6.07) is 4.50. The van der Waals surface area contributed by atoms with Crippen molar-refractivity contribution in [3.05, 3.63) is 39.3 Å². The summed E-state index contributed by atoms with van der Waals surface area (Å²) in [5.41, 5.74) is 0.414.